The second-order valence-corrected chi connectivity index (χ2v) is 6.12. The lowest BCUT2D eigenvalue weighted by molar-refractivity contribution is 0.670. The van der Waals surface area contributed by atoms with Crippen molar-refractivity contribution < 1.29 is 0 Å². The van der Waals surface area contributed by atoms with Crippen LogP contribution in [0.15, 0.2) is 18.2 Å². The minimum atomic E-state index is 0.615. The van der Waals surface area contributed by atoms with Crippen LogP contribution < -0.4 is 10.2 Å². The average Bonchev–Trinajstić information content (AvgIpc) is 2.47. The highest BCUT2D eigenvalue weighted by Gasteiger charge is 2.15. The number of nitrogens with one attached hydrogen (secondary N) is 1. The van der Waals surface area contributed by atoms with Crippen LogP contribution >= 0.6 is 0 Å². The summed E-state index contributed by atoms with van der Waals surface area (Å²) in [5, 5.41) is 3.59. The summed E-state index contributed by atoms with van der Waals surface area (Å²) in [5.41, 5.74) is 4.26. The van der Waals surface area contributed by atoms with Gasteiger partial charge in [0, 0.05) is 30.5 Å². The first kappa shape index (κ1) is 15.2. The first-order valence-corrected chi connectivity index (χ1v) is 8.39. The molecule has 1 atom stereocenters. The number of rotatable bonds is 7. The fourth-order valence-electron chi connectivity index (χ4n) is 2.90. The average molecular weight is 274 g/mol. The zero-order valence-electron chi connectivity index (χ0n) is 13.4. The number of hydrogen-bond acceptors (Lipinski definition) is 2. The Morgan fingerprint density at radius 3 is 2.50 bits per heavy atom. The summed E-state index contributed by atoms with van der Waals surface area (Å²) in [6.45, 7) is 9.20. The molecule has 0 aliphatic carbocycles. The third-order valence-corrected chi connectivity index (χ3v) is 4.27. The van der Waals surface area contributed by atoms with Crippen LogP contribution in [0.3, 0.4) is 0 Å². The number of benzene rings is 1. The predicted octanol–water partition coefficient (Wildman–Crippen LogP) is 4.84. The quantitative estimate of drug-likeness (QED) is 0.765. The molecule has 0 saturated heterocycles. The largest absolute Gasteiger partial charge is 0.382 e. The molecule has 0 radical (unpaired) electrons. The van der Waals surface area contributed by atoms with Crippen molar-refractivity contribution in [2.75, 3.05) is 23.3 Å². The molecule has 1 unspecified atom stereocenters. The van der Waals surface area contributed by atoms with E-state index in [-0.39, 0.29) is 0 Å². The second-order valence-electron chi connectivity index (χ2n) is 6.12. The highest BCUT2D eigenvalue weighted by Crippen LogP contribution is 2.29. The van der Waals surface area contributed by atoms with Crippen LogP contribution in [-0.4, -0.2) is 19.1 Å². The Labute approximate surface area is 124 Å². The van der Waals surface area contributed by atoms with Crippen molar-refractivity contribution in [1.29, 1.82) is 0 Å². The molecule has 0 aromatic heterocycles. The molecule has 0 saturated carbocycles. The van der Waals surface area contributed by atoms with E-state index in [1.807, 2.05) is 0 Å². The van der Waals surface area contributed by atoms with Gasteiger partial charge in [0.25, 0.3) is 0 Å². The molecule has 1 aromatic rings. The Kier molecular flexibility index (Phi) is 5.75. The molecule has 2 rings (SSSR count). The van der Waals surface area contributed by atoms with E-state index in [2.05, 4.69) is 49.2 Å². The van der Waals surface area contributed by atoms with Gasteiger partial charge in [-0.1, -0.05) is 26.7 Å². The predicted molar refractivity (Wildman–Crippen MR) is 89.9 cm³/mol. The summed E-state index contributed by atoms with van der Waals surface area (Å²) < 4.78 is 0. The Bertz CT molecular complexity index is 406. The normalized spacial score (nSPS) is 17.4. The van der Waals surface area contributed by atoms with Crippen molar-refractivity contribution in [2.24, 2.45) is 0 Å². The van der Waals surface area contributed by atoms with Crippen LogP contribution in [0.1, 0.15) is 58.4 Å². The lowest BCUT2D eigenvalue weighted by Crippen LogP contribution is -2.27. The topological polar surface area (TPSA) is 15.3 Å². The summed E-state index contributed by atoms with van der Waals surface area (Å²) >= 11 is 0. The van der Waals surface area contributed by atoms with E-state index in [0.717, 1.165) is 0 Å². The molecule has 1 aliphatic heterocycles. The number of hydrogen-bond donors (Lipinski definition) is 1. The number of fused-ring (bicyclic) bond motifs is 1. The van der Waals surface area contributed by atoms with E-state index in [9.17, 15) is 0 Å². The minimum Gasteiger partial charge on any atom is -0.382 e. The van der Waals surface area contributed by atoms with E-state index in [4.69, 9.17) is 0 Å². The van der Waals surface area contributed by atoms with Crippen LogP contribution in [0.5, 0.6) is 0 Å². The Morgan fingerprint density at radius 1 is 1.15 bits per heavy atom. The van der Waals surface area contributed by atoms with Gasteiger partial charge >= 0.3 is 0 Å². The van der Waals surface area contributed by atoms with Gasteiger partial charge in [0.05, 0.1) is 0 Å². The number of anilines is 2. The first-order valence-electron chi connectivity index (χ1n) is 8.39. The molecule has 1 N–H and O–H groups in total. The molecule has 0 spiro atoms. The molecule has 0 bridgehead atoms. The summed E-state index contributed by atoms with van der Waals surface area (Å²) in [5.74, 6) is 0. The third-order valence-electron chi connectivity index (χ3n) is 4.27. The molecule has 1 aliphatic rings. The zero-order valence-corrected chi connectivity index (χ0v) is 13.4. The van der Waals surface area contributed by atoms with Gasteiger partial charge in [-0.15, -0.1) is 0 Å². The molecule has 1 aromatic carbocycles. The van der Waals surface area contributed by atoms with E-state index < -0.39 is 0 Å². The Morgan fingerprint density at radius 2 is 1.85 bits per heavy atom. The van der Waals surface area contributed by atoms with Crippen LogP contribution in [0.4, 0.5) is 11.4 Å². The standard InChI is InChI=1S/C18H30N2/c1-4-6-12-20(13-7-5-2)17-10-11-18-16(14-17)9-8-15(3)19-18/h10-11,14-15,19H,4-9,12-13H2,1-3H3. The molecular formula is C18H30N2. The highest BCUT2D eigenvalue weighted by molar-refractivity contribution is 5.62. The smallest absolute Gasteiger partial charge is 0.0376 e. The molecule has 112 valence electrons. The SMILES string of the molecule is CCCCN(CCCC)c1ccc2c(c1)CCC(C)N2. The van der Waals surface area contributed by atoms with Crippen molar-refractivity contribution in [1.82, 2.24) is 0 Å². The minimum absolute atomic E-state index is 0.615. The van der Waals surface area contributed by atoms with E-state index >= 15 is 0 Å². The Balaban J connectivity index is 2.11. The van der Waals surface area contributed by atoms with E-state index in [0.29, 0.717) is 6.04 Å². The Hall–Kier alpha value is -1.18. The van der Waals surface area contributed by atoms with Gasteiger partial charge in [0.1, 0.15) is 0 Å². The van der Waals surface area contributed by atoms with Crippen LogP contribution in [-0.2, 0) is 6.42 Å². The maximum atomic E-state index is 3.59. The molecule has 2 nitrogen and oxygen atoms in total. The summed E-state index contributed by atoms with van der Waals surface area (Å²) in [7, 11) is 0. The second kappa shape index (κ2) is 7.56. The first-order chi connectivity index (χ1) is 9.74. The van der Waals surface area contributed by atoms with Gasteiger partial charge < -0.3 is 10.2 Å². The van der Waals surface area contributed by atoms with Crippen molar-refractivity contribution in [3.8, 4) is 0 Å². The van der Waals surface area contributed by atoms with Crippen molar-refractivity contribution >= 4 is 11.4 Å². The fourth-order valence-corrected chi connectivity index (χ4v) is 2.90. The van der Waals surface area contributed by atoms with Crippen LogP contribution in [0, 0.1) is 0 Å². The van der Waals surface area contributed by atoms with Crippen molar-refractivity contribution in [3.05, 3.63) is 23.8 Å². The van der Waals surface area contributed by atoms with E-state index in [1.165, 1.54) is 68.6 Å². The lowest BCUT2D eigenvalue weighted by Gasteiger charge is -2.29. The van der Waals surface area contributed by atoms with Crippen LogP contribution in [0.25, 0.3) is 0 Å². The van der Waals surface area contributed by atoms with Gasteiger partial charge in [-0.05, 0) is 56.4 Å². The monoisotopic (exact) mass is 274 g/mol. The summed E-state index contributed by atoms with van der Waals surface area (Å²) in [6, 6.07) is 7.62. The van der Waals surface area contributed by atoms with Gasteiger partial charge in [-0.2, -0.15) is 0 Å². The fraction of sp³-hybridized carbons (Fsp3) is 0.667. The molecule has 2 heteroatoms. The zero-order chi connectivity index (χ0) is 14.4. The van der Waals surface area contributed by atoms with Gasteiger partial charge in [0.15, 0.2) is 0 Å². The highest BCUT2D eigenvalue weighted by atomic mass is 15.1. The van der Waals surface area contributed by atoms with Crippen molar-refractivity contribution in [3.63, 3.8) is 0 Å². The molecule has 0 fully saturated rings. The summed E-state index contributed by atoms with van der Waals surface area (Å²) in [6.07, 6.45) is 7.58. The van der Waals surface area contributed by atoms with Crippen molar-refractivity contribution in [2.45, 2.75) is 65.3 Å². The number of unbranched alkanes of at least 4 members (excludes halogenated alkanes) is 2. The van der Waals surface area contributed by atoms with Gasteiger partial charge in [0.2, 0.25) is 0 Å². The van der Waals surface area contributed by atoms with Gasteiger partial charge in [-0.3, -0.25) is 0 Å². The van der Waals surface area contributed by atoms with Gasteiger partial charge in [-0.25, -0.2) is 0 Å². The summed E-state index contributed by atoms with van der Waals surface area (Å²) in [4.78, 5) is 2.57. The lowest BCUT2D eigenvalue weighted by atomic mass is 9.98. The maximum absolute atomic E-state index is 3.59. The molecule has 0 amide bonds. The third kappa shape index (κ3) is 3.91. The van der Waals surface area contributed by atoms with Crippen LogP contribution in [0.2, 0.25) is 0 Å². The molecular weight excluding hydrogens is 244 g/mol. The van der Waals surface area contributed by atoms with E-state index in [1.54, 1.807) is 0 Å². The molecule has 1 heterocycles. The number of aryl methyl sites for hydroxylation is 1. The molecule has 20 heavy (non-hydrogen) atoms. The maximum Gasteiger partial charge on any atom is 0.0376 e. The number of nitrogens with zero attached hydrogens (tertiary/aromatic N) is 1.